The lowest BCUT2D eigenvalue weighted by Gasteiger charge is -2.33. The van der Waals surface area contributed by atoms with E-state index in [1.165, 1.54) is 12.8 Å². The predicted octanol–water partition coefficient (Wildman–Crippen LogP) is 3.21. The summed E-state index contributed by atoms with van der Waals surface area (Å²) in [5.74, 6) is 1.00. The fourth-order valence-corrected chi connectivity index (χ4v) is 2.73. The molecule has 0 aliphatic carbocycles. The van der Waals surface area contributed by atoms with Crippen LogP contribution in [0.5, 0.6) is 0 Å². The molecule has 4 heteroatoms. The number of piperidine rings is 1. The van der Waals surface area contributed by atoms with Crippen molar-refractivity contribution in [2.24, 2.45) is 0 Å². The van der Waals surface area contributed by atoms with Crippen LogP contribution in [0, 0.1) is 0 Å². The van der Waals surface area contributed by atoms with Gasteiger partial charge in [0.15, 0.2) is 0 Å². The van der Waals surface area contributed by atoms with E-state index in [4.69, 9.17) is 11.6 Å². The number of aromatic amines is 1. The number of fused-ring (bicyclic) bond motifs is 1. The van der Waals surface area contributed by atoms with Crippen LogP contribution in [-0.4, -0.2) is 16.5 Å². The molecule has 1 unspecified atom stereocenters. The van der Waals surface area contributed by atoms with E-state index < -0.39 is 0 Å². The Balaban J connectivity index is 2.08. The number of benzene rings is 1. The van der Waals surface area contributed by atoms with E-state index in [1.807, 2.05) is 18.2 Å². The fourth-order valence-electron chi connectivity index (χ4n) is 2.52. The molecule has 2 N–H and O–H groups in total. The molecule has 17 heavy (non-hydrogen) atoms. The largest absolute Gasteiger partial charge is 0.340 e. The van der Waals surface area contributed by atoms with Crippen LogP contribution < -0.4 is 5.32 Å². The van der Waals surface area contributed by atoms with Crippen molar-refractivity contribution in [3.63, 3.8) is 0 Å². The standard InChI is InChI=1S/C13H16ClN3/c1-13(7-2-3-8-15-13)12-16-10-6-4-5-9(14)11(10)17-12/h4-6,15H,2-3,7-8H2,1H3,(H,16,17). The van der Waals surface area contributed by atoms with E-state index >= 15 is 0 Å². The van der Waals surface area contributed by atoms with Gasteiger partial charge in [-0.25, -0.2) is 4.98 Å². The monoisotopic (exact) mass is 249 g/mol. The molecule has 2 heterocycles. The number of rotatable bonds is 1. The number of halogens is 1. The van der Waals surface area contributed by atoms with Crippen LogP contribution in [0.1, 0.15) is 32.0 Å². The SMILES string of the molecule is CC1(c2nc3c(Cl)cccc3[nH]2)CCCCN1. The third kappa shape index (κ3) is 1.83. The first-order chi connectivity index (χ1) is 8.19. The molecule has 0 spiro atoms. The van der Waals surface area contributed by atoms with Gasteiger partial charge in [0.1, 0.15) is 11.3 Å². The maximum atomic E-state index is 6.15. The lowest BCUT2D eigenvalue weighted by atomic mass is 9.90. The van der Waals surface area contributed by atoms with Crippen molar-refractivity contribution < 1.29 is 0 Å². The zero-order valence-electron chi connectivity index (χ0n) is 9.89. The number of para-hydroxylation sites is 1. The van der Waals surface area contributed by atoms with E-state index in [2.05, 4.69) is 22.2 Å². The predicted molar refractivity (Wildman–Crippen MR) is 70.3 cm³/mol. The number of hydrogen-bond acceptors (Lipinski definition) is 2. The topological polar surface area (TPSA) is 40.7 Å². The molecule has 0 saturated carbocycles. The molecule has 0 bridgehead atoms. The first-order valence-corrected chi connectivity index (χ1v) is 6.47. The van der Waals surface area contributed by atoms with Crippen LogP contribution in [0.3, 0.4) is 0 Å². The van der Waals surface area contributed by atoms with E-state index in [0.717, 1.165) is 29.8 Å². The van der Waals surface area contributed by atoms with Gasteiger partial charge in [0.2, 0.25) is 0 Å². The number of aromatic nitrogens is 2. The smallest absolute Gasteiger partial charge is 0.127 e. The minimum atomic E-state index is -0.0411. The highest BCUT2D eigenvalue weighted by molar-refractivity contribution is 6.34. The summed E-state index contributed by atoms with van der Waals surface area (Å²) in [6.07, 6.45) is 3.61. The van der Waals surface area contributed by atoms with Gasteiger partial charge in [-0.2, -0.15) is 0 Å². The van der Waals surface area contributed by atoms with E-state index in [-0.39, 0.29) is 5.54 Å². The average Bonchev–Trinajstić information content (AvgIpc) is 2.76. The molecule has 1 atom stereocenters. The number of H-pyrrole nitrogens is 1. The minimum absolute atomic E-state index is 0.0411. The first-order valence-electron chi connectivity index (χ1n) is 6.09. The van der Waals surface area contributed by atoms with Crippen molar-refractivity contribution in [1.82, 2.24) is 15.3 Å². The highest BCUT2D eigenvalue weighted by Crippen LogP contribution is 2.30. The Morgan fingerprint density at radius 3 is 2.94 bits per heavy atom. The molecule has 1 aliphatic heterocycles. The first kappa shape index (κ1) is 11.1. The second-order valence-electron chi connectivity index (χ2n) is 4.94. The van der Waals surface area contributed by atoms with Crippen molar-refractivity contribution in [3.05, 3.63) is 29.0 Å². The summed E-state index contributed by atoms with van der Waals surface area (Å²) in [5.41, 5.74) is 1.85. The zero-order valence-corrected chi connectivity index (χ0v) is 10.6. The van der Waals surface area contributed by atoms with Gasteiger partial charge in [-0.05, 0) is 44.9 Å². The molecule has 1 aromatic carbocycles. The van der Waals surface area contributed by atoms with Gasteiger partial charge >= 0.3 is 0 Å². The van der Waals surface area contributed by atoms with Gasteiger partial charge in [0.05, 0.1) is 16.1 Å². The molecule has 3 rings (SSSR count). The maximum Gasteiger partial charge on any atom is 0.127 e. The van der Waals surface area contributed by atoms with Crippen molar-refractivity contribution in [2.45, 2.75) is 31.7 Å². The number of nitrogens with zero attached hydrogens (tertiary/aromatic N) is 1. The summed E-state index contributed by atoms with van der Waals surface area (Å²) in [5, 5.41) is 4.27. The lowest BCUT2D eigenvalue weighted by Crippen LogP contribution is -2.44. The van der Waals surface area contributed by atoms with Crippen molar-refractivity contribution in [2.75, 3.05) is 6.54 Å². The maximum absolute atomic E-state index is 6.15. The van der Waals surface area contributed by atoms with Crippen LogP contribution in [0.25, 0.3) is 11.0 Å². The van der Waals surface area contributed by atoms with Crippen LogP contribution >= 0.6 is 11.6 Å². The van der Waals surface area contributed by atoms with Crippen LogP contribution in [0.15, 0.2) is 18.2 Å². The molecule has 3 nitrogen and oxygen atoms in total. The molecule has 1 fully saturated rings. The zero-order chi connectivity index (χ0) is 11.9. The normalized spacial score (nSPS) is 25.3. The third-order valence-corrected chi connectivity index (χ3v) is 3.91. The molecule has 90 valence electrons. The van der Waals surface area contributed by atoms with Gasteiger partial charge in [-0.15, -0.1) is 0 Å². The Morgan fingerprint density at radius 2 is 2.24 bits per heavy atom. The molecule has 1 aromatic heterocycles. The molecule has 1 aliphatic rings. The van der Waals surface area contributed by atoms with Crippen LogP contribution in [-0.2, 0) is 5.54 Å². The lowest BCUT2D eigenvalue weighted by molar-refractivity contribution is 0.271. The Labute approximate surface area is 106 Å². The Morgan fingerprint density at radius 1 is 1.35 bits per heavy atom. The second kappa shape index (κ2) is 4.00. The summed E-state index contributed by atoms with van der Waals surface area (Å²) in [6, 6.07) is 5.85. The van der Waals surface area contributed by atoms with Crippen LogP contribution in [0.4, 0.5) is 0 Å². The Bertz CT molecular complexity index is 541. The molecule has 0 amide bonds. The Hall–Kier alpha value is -1.06. The average molecular weight is 250 g/mol. The van der Waals surface area contributed by atoms with Crippen LogP contribution in [0.2, 0.25) is 5.02 Å². The van der Waals surface area contributed by atoms with E-state index in [0.29, 0.717) is 5.02 Å². The summed E-state index contributed by atoms with van der Waals surface area (Å²) in [7, 11) is 0. The number of hydrogen-bond donors (Lipinski definition) is 2. The van der Waals surface area contributed by atoms with Gasteiger partial charge in [0.25, 0.3) is 0 Å². The Kier molecular flexibility index (Phi) is 2.60. The van der Waals surface area contributed by atoms with Gasteiger partial charge in [-0.3, -0.25) is 0 Å². The van der Waals surface area contributed by atoms with Crippen molar-refractivity contribution in [1.29, 1.82) is 0 Å². The highest BCUT2D eigenvalue weighted by Gasteiger charge is 2.31. The van der Waals surface area contributed by atoms with Crippen molar-refractivity contribution >= 4 is 22.6 Å². The molecule has 2 aromatic rings. The number of nitrogens with one attached hydrogen (secondary N) is 2. The summed E-state index contributed by atoms with van der Waals surface area (Å²) in [6.45, 7) is 3.26. The fraction of sp³-hybridized carbons (Fsp3) is 0.462. The van der Waals surface area contributed by atoms with E-state index in [1.54, 1.807) is 0 Å². The minimum Gasteiger partial charge on any atom is -0.340 e. The second-order valence-corrected chi connectivity index (χ2v) is 5.34. The van der Waals surface area contributed by atoms with Gasteiger partial charge in [0, 0.05) is 0 Å². The molecule has 1 saturated heterocycles. The molecular formula is C13H16ClN3. The molecule has 0 radical (unpaired) electrons. The third-order valence-electron chi connectivity index (χ3n) is 3.60. The number of imidazole rings is 1. The highest BCUT2D eigenvalue weighted by atomic mass is 35.5. The van der Waals surface area contributed by atoms with E-state index in [9.17, 15) is 0 Å². The summed E-state index contributed by atoms with van der Waals surface area (Å²) >= 11 is 6.15. The van der Waals surface area contributed by atoms with Gasteiger partial charge in [-0.1, -0.05) is 17.7 Å². The van der Waals surface area contributed by atoms with Gasteiger partial charge < -0.3 is 10.3 Å². The molecular weight excluding hydrogens is 234 g/mol. The summed E-state index contributed by atoms with van der Waals surface area (Å²) < 4.78 is 0. The summed E-state index contributed by atoms with van der Waals surface area (Å²) in [4.78, 5) is 8.05. The quantitative estimate of drug-likeness (QED) is 0.815. The van der Waals surface area contributed by atoms with Crippen molar-refractivity contribution in [3.8, 4) is 0 Å².